The zero-order valence-corrected chi connectivity index (χ0v) is 14.9. The molecule has 0 heterocycles. The fraction of sp³-hybridized carbons (Fsp3) is 0.278. The number of nitrogens with two attached hydrogens (primary N) is 1. The van der Waals surface area contributed by atoms with E-state index in [9.17, 15) is 18.0 Å². The van der Waals surface area contributed by atoms with Crippen molar-refractivity contribution in [2.75, 3.05) is 6.54 Å². The van der Waals surface area contributed by atoms with Gasteiger partial charge in [-0.3, -0.25) is 4.79 Å². The Hall–Kier alpha value is -2.25. The van der Waals surface area contributed by atoms with Crippen molar-refractivity contribution in [3.63, 3.8) is 0 Å². The Morgan fingerprint density at radius 1 is 1.08 bits per heavy atom. The summed E-state index contributed by atoms with van der Waals surface area (Å²) in [7, 11) is 0. The second kappa shape index (κ2) is 9.45. The molecule has 0 saturated carbocycles. The molecule has 3 N–H and O–H groups in total. The predicted octanol–water partition coefficient (Wildman–Crippen LogP) is 4.13. The lowest BCUT2D eigenvalue weighted by Gasteiger charge is -2.11. The quantitative estimate of drug-likeness (QED) is 0.782. The molecule has 0 radical (unpaired) electrons. The van der Waals surface area contributed by atoms with Crippen LogP contribution in [0, 0.1) is 5.92 Å². The van der Waals surface area contributed by atoms with Gasteiger partial charge in [-0.25, -0.2) is 0 Å². The molecule has 0 aliphatic rings. The van der Waals surface area contributed by atoms with E-state index >= 15 is 0 Å². The van der Waals surface area contributed by atoms with Crippen molar-refractivity contribution >= 4 is 18.3 Å². The van der Waals surface area contributed by atoms with Gasteiger partial charge in [-0.15, -0.1) is 12.4 Å². The Labute approximate surface area is 155 Å². The first-order valence-electron chi connectivity index (χ1n) is 7.71. The maximum atomic E-state index is 12.5. The van der Waals surface area contributed by atoms with E-state index in [1.54, 1.807) is 31.2 Å². The minimum absolute atomic E-state index is 0. The number of benzene rings is 2. The fourth-order valence-corrected chi connectivity index (χ4v) is 1.99. The molecule has 8 heteroatoms. The van der Waals surface area contributed by atoms with E-state index in [2.05, 4.69) is 5.32 Å². The molecule has 2 aromatic carbocycles. The number of halogens is 4. The first-order chi connectivity index (χ1) is 11.8. The van der Waals surface area contributed by atoms with E-state index in [0.717, 1.165) is 17.7 Å². The third kappa shape index (κ3) is 6.24. The monoisotopic (exact) mass is 388 g/mol. The van der Waals surface area contributed by atoms with Crippen molar-refractivity contribution in [1.29, 1.82) is 0 Å². The summed E-state index contributed by atoms with van der Waals surface area (Å²) in [6.07, 6.45) is -4.37. The average Bonchev–Trinajstić information content (AvgIpc) is 2.60. The molecule has 4 nitrogen and oxygen atoms in total. The van der Waals surface area contributed by atoms with Gasteiger partial charge in [-0.1, -0.05) is 19.1 Å². The van der Waals surface area contributed by atoms with Crippen LogP contribution >= 0.6 is 12.4 Å². The molecule has 26 heavy (non-hydrogen) atoms. The Bertz CT molecular complexity index is 704. The summed E-state index contributed by atoms with van der Waals surface area (Å²) in [6, 6.07) is 11.4. The minimum atomic E-state index is -4.37. The average molecular weight is 389 g/mol. The molecule has 0 fully saturated rings. The summed E-state index contributed by atoms with van der Waals surface area (Å²) in [5.74, 6) is 0.436. The second-order valence-corrected chi connectivity index (χ2v) is 5.62. The largest absolute Gasteiger partial charge is 0.457 e. The standard InChI is InChI=1S/C18H19F3N2O2.ClH/c1-12(10-22)17(24)23-11-13-2-6-15(7-3-13)25-16-8-4-14(5-9-16)18(19,20)21;/h2-9,12H,10-11,22H2,1H3,(H,23,24);1H. The van der Waals surface area contributed by atoms with Crippen molar-refractivity contribution < 1.29 is 22.7 Å². The highest BCUT2D eigenvalue weighted by Crippen LogP contribution is 2.31. The maximum absolute atomic E-state index is 12.5. The van der Waals surface area contributed by atoms with Gasteiger partial charge in [0.1, 0.15) is 11.5 Å². The van der Waals surface area contributed by atoms with Crippen LogP contribution in [0.1, 0.15) is 18.1 Å². The van der Waals surface area contributed by atoms with Gasteiger partial charge in [-0.05, 0) is 42.0 Å². The molecular weight excluding hydrogens is 369 g/mol. The van der Waals surface area contributed by atoms with Crippen LogP contribution in [0.5, 0.6) is 11.5 Å². The number of nitrogens with one attached hydrogen (secondary N) is 1. The number of carbonyl (C=O) groups excluding carboxylic acids is 1. The predicted molar refractivity (Wildman–Crippen MR) is 95.3 cm³/mol. The molecule has 0 aromatic heterocycles. The molecule has 0 aliphatic carbocycles. The SMILES string of the molecule is CC(CN)C(=O)NCc1ccc(Oc2ccc(C(F)(F)F)cc2)cc1.Cl. The topological polar surface area (TPSA) is 64.4 Å². The molecule has 0 spiro atoms. The Morgan fingerprint density at radius 2 is 1.58 bits per heavy atom. The highest BCUT2D eigenvalue weighted by atomic mass is 35.5. The molecule has 142 valence electrons. The number of ether oxygens (including phenoxy) is 1. The van der Waals surface area contributed by atoms with Gasteiger partial charge in [0.25, 0.3) is 0 Å². The first kappa shape index (κ1) is 21.8. The summed E-state index contributed by atoms with van der Waals surface area (Å²) in [6.45, 7) is 2.39. The van der Waals surface area contributed by atoms with Crippen LogP contribution in [0.15, 0.2) is 48.5 Å². The van der Waals surface area contributed by atoms with Gasteiger partial charge in [0.2, 0.25) is 5.91 Å². The van der Waals surface area contributed by atoms with Gasteiger partial charge in [0.15, 0.2) is 0 Å². The summed E-state index contributed by atoms with van der Waals surface area (Å²) in [4.78, 5) is 11.7. The van der Waals surface area contributed by atoms with Crippen molar-refractivity contribution in [3.05, 3.63) is 59.7 Å². The summed E-state index contributed by atoms with van der Waals surface area (Å²) < 4.78 is 43.1. The van der Waals surface area contributed by atoms with Crippen LogP contribution in [0.25, 0.3) is 0 Å². The van der Waals surface area contributed by atoms with Gasteiger partial charge in [-0.2, -0.15) is 13.2 Å². The lowest BCUT2D eigenvalue weighted by Crippen LogP contribution is -2.32. The molecule has 0 saturated heterocycles. The van der Waals surface area contributed by atoms with E-state index in [4.69, 9.17) is 10.5 Å². The molecular formula is C18H20ClF3N2O2. The van der Waals surface area contributed by atoms with Gasteiger partial charge < -0.3 is 15.8 Å². The second-order valence-electron chi connectivity index (χ2n) is 5.62. The molecule has 2 aromatic rings. The Balaban J connectivity index is 0.00000338. The van der Waals surface area contributed by atoms with Crippen molar-refractivity contribution in [1.82, 2.24) is 5.32 Å². The smallest absolute Gasteiger partial charge is 0.416 e. The van der Waals surface area contributed by atoms with Gasteiger partial charge in [0, 0.05) is 19.0 Å². The van der Waals surface area contributed by atoms with Crippen LogP contribution in [0.4, 0.5) is 13.2 Å². The van der Waals surface area contributed by atoms with Gasteiger partial charge >= 0.3 is 6.18 Å². The number of rotatable bonds is 6. The lowest BCUT2D eigenvalue weighted by molar-refractivity contribution is -0.137. The van der Waals surface area contributed by atoms with Gasteiger partial charge in [0.05, 0.1) is 5.56 Å². The zero-order chi connectivity index (χ0) is 18.4. The van der Waals surface area contributed by atoms with Crippen LogP contribution in [0.2, 0.25) is 0 Å². The van der Waals surface area contributed by atoms with Crippen molar-refractivity contribution in [2.45, 2.75) is 19.6 Å². The highest BCUT2D eigenvalue weighted by molar-refractivity contribution is 5.85. The van der Waals surface area contributed by atoms with Crippen LogP contribution < -0.4 is 15.8 Å². The van der Waals surface area contributed by atoms with E-state index in [0.29, 0.717) is 18.0 Å². The fourth-order valence-electron chi connectivity index (χ4n) is 1.99. The molecule has 1 unspecified atom stereocenters. The molecule has 1 amide bonds. The van der Waals surface area contributed by atoms with Crippen LogP contribution in [-0.4, -0.2) is 12.5 Å². The minimum Gasteiger partial charge on any atom is -0.457 e. The normalized spacial score (nSPS) is 12.0. The number of hydrogen-bond acceptors (Lipinski definition) is 3. The first-order valence-corrected chi connectivity index (χ1v) is 7.71. The Morgan fingerprint density at radius 3 is 2.04 bits per heavy atom. The molecule has 1 atom stereocenters. The summed E-state index contributed by atoms with van der Waals surface area (Å²) in [5.41, 5.74) is 5.58. The highest BCUT2D eigenvalue weighted by Gasteiger charge is 2.30. The van der Waals surface area contributed by atoms with Crippen LogP contribution in [0.3, 0.4) is 0 Å². The van der Waals surface area contributed by atoms with E-state index < -0.39 is 11.7 Å². The number of hydrogen-bond donors (Lipinski definition) is 2. The van der Waals surface area contributed by atoms with E-state index in [1.165, 1.54) is 12.1 Å². The Kier molecular flexibility index (Phi) is 7.92. The maximum Gasteiger partial charge on any atom is 0.416 e. The summed E-state index contributed by atoms with van der Waals surface area (Å²) in [5, 5.41) is 2.77. The zero-order valence-electron chi connectivity index (χ0n) is 14.0. The number of amides is 1. The molecule has 0 bridgehead atoms. The molecule has 2 rings (SSSR count). The van der Waals surface area contributed by atoms with Crippen molar-refractivity contribution in [2.24, 2.45) is 11.7 Å². The third-order valence-corrected chi connectivity index (χ3v) is 3.61. The van der Waals surface area contributed by atoms with E-state index in [1.807, 2.05) is 0 Å². The van der Waals surface area contributed by atoms with Crippen molar-refractivity contribution in [3.8, 4) is 11.5 Å². The molecule has 0 aliphatic heterocycles. The third-order valence-electron chi connectivity index (χ3n) is 3.61. The van der Waals surface area contributed by atoms with Crippen LogP contribution in [-0.2, 0) is 17.5 Å². The van der Waals surface area contributed by atoms with E-state index in [-0.39, 0.29) is 30.8 Å². The summed E-state index contributed by atoms with van der Waals surface area (Å²) >= 11 is 0. The lowest BCUT2D eigenvalue weighted by atomic mass is 10.1. The number of carbonyl (C=O) groups is 1. The number of alkyl halides is 3.